The lowest BCUT2D eigenvalue weighted by atomic mass is 10.00. The third-order valence-corrected chi connectivity index (χ3v) is 5.88. The minimum absolute atomic E-state index is 0.156. The smallest absolute Gasteiger partial charge is 0.228 e. The summed E-state index contributed by atoms with van der Waals surface area (Å²) >= 11 is 0. The van der Waals surface area contributed by atoms with Crippen LogP contribution in [-0.2, 0) is 4.79 Å². The van der Waals surface area contributed by atoms with Crippen molar-refractivity contribution in [1.29, 1.82) is 0 Å². The summed E-state index contributed by atoms with van der Waals surface area (Å²) in [5.41, 5.74) is 6.33. The Balaban J connectivity index is 1.77. The van der Waals surface area contributed by atoms with Crippen LogP contribution in [0.2, 0.25) is 0 Å². The Bertz CT molecular complexity index is 1290. The molecule has 0 radical (unpaired) electrons. The molecule has 2 aromatic carbocycles. The normalized spacial score (nSPS) is 13.5. The molecular weight excluding hydrogens is 446 g/mol. The van der Waals surface area contributed by atoms with Gasteiger partial charge in [0.2, 0.25) is 11.7 Å². The molecule has 1 aliphatic rings. The van der Waals surface area contributed by atoms with Crippen LogP contribution in [0.25, 0.3) is 17.2 Å². The van der Waals surface area contributed by atoms with Crippen molar-refractivity contribution >= 4 is 28.8 Å². The molecule has 0 aliphatic heterocycles. The van der Waals surface area contributed by atoms with Crippen molar-refractivity contribution in [2.75, 3.05) is 33.8 Å². The fourth-order valence-corrected chi connectivity index (χ4v) is 4.20. The van der Waals surface area contributed by atoms with Crippen LogP contribution in [0.1, 0.15) is 30.0 Å². The first kappa shape index (κ1) is 23.8. The molecule has 8 heteroatoms. The van der Waals surface area contributed by atoms with Crippen LogP contribution in [-0.4, -0.2) is 44.3 Å². The summed E-state index contributed by atoms with van der Waals surface area (Å²) in [6.07, 6.45) is 6.79. The van der Waals surface area contributed by atoms with Crippen molar-refractivity contribution in [3.63, 3.8) is 0 Å². The van der Waals surface area contributed by atoms with E-state index in [-0.39, 0.29) is 12.3 Å². The molecule has 0 unspecified atom stereocenters. The first-order valence-corrected chi connectivity index (χ1v) is 10.9. The fraction of sp³-hybridized carbons (Fsp3) is 0.222. The standard InChI is InChI=1S/C27H27N3O5/c1-16-21(8-17-9-24(33-3)27(35-5)25(10-17)34-4)20-7-6-19(32-2)11-23(20)22(16)12-26(31)30-18-13-28-15-29-14-18/h6-11,13-15H,12H2,1-5H3,(H,30,31). The average Bonchev–Trinajstić information content (AvgIpc) is 3.13. The Labute approximate surface area is 204 Å². The Kier molecular flexibility index (Phi) is 7.01. The van der Waals surface area contributed by atoms with E-state index >= 15 is 0 Å². The summed E-state index contributed by atoms with van der Waals surface area (Å²) in [7, 11) is 6.38. The zero-order valence-electron chi connectivity index (χ0n) is 20.3. The first-order chi connectivity index (χ1) is 17.0. The van der Waals surface area contributed by atoms with Gasteiger partial charge in [-0.1, -0.05) is 6.07 Å². The molecule has 0 fully saturated rings. The van der Waals surface area contributed by atoms with E-state index < -0.39 is 0 Å². The summed E-state index contributed by atoms with van der Waals surface area (Å²) in [6, 6.07) is 9.68. The number of rotatable bonds is 8. The molecular formula is C27H27N3O5. The van der Waals surface area contributed by atoms with E-state index in [0.29, 0.717) is 22.9 Å². The average molecular weight is 474 g/mol. The number of ether oxygens (including phenoxy) is 4. The number of carbonyl (C=O) groups is 1. The van der Waals surface area contributed by atoms with E-state index in [1.807, 2.05) is 37.3 Å². The SMILES string of the molecule is COc1ccc2c(c1)C(CC(=O)Nc1cncnc1)=C(C)C2=Cc1cc(OC)c(OC)c(OC)c1. The monoisotopic (exact) mass is 473 g/mol. The van der Waals surface area contributed by atoms with Gasteiger partial charge in [-0.15, -0.1) is 0 Å². The molecule has 0 spiro atoms. The van der Waals surface area contributed by atoms with Gasteiger partial charge in [0.25, 0.3) is 0 Å². The van der Waals surface area contributed by atoms with E-state index in [4.69, 9.17) is 18.9 Å². The predicted molar refractivity (Wildman–Crippen MR) is 135 cm³/mol. The number of methoxy groups -OCH3 is 4. The van der Waals surface area contributed by atoms with Gasteiger partial charge in [-0.25, -0.2) is 9.97 Å². The lowest BCUT2D eigenvalue weighted by Crippen LogP contribution is -2.12. The topological polar surface area (TPSA) is 91.8 Å². The number of hydrogen-bond donors (Lipinski definition) is 1. The quantitative estimate of drug-likeness (QED) is 0.499. The Hall–Kier alpha value is -4.33. The molecule has 0 saturated heterocycles. The number of allylic oxidation sites excluding steroid dienone is 2. The van der Waals surface area contributed by atoms with Gasteiger partial charge in [0.1, 0.15) is 12.1 Å². The molecule has 0 atom stereocenters. The largest absolute Gasteiger partial charge is 0.497 e. The Morgan fingerprint density at radius 2 is 1.60 bits per heavy atom. The highest BCUT2D eigenvalue weighted by atomic mass is 16.5. The molecule has 180 valence electrons. The van der Waals surface area contributed by atoms with Crippen molar-refractivity contribution in [3.05, 3.63) is 71.3 Å². The number of hydrogen-bond acceptors (Lipinski definition) is 7. The zero-order valence-corrected chi connectivity index (χ0v) is 20.3. The van der Waals surface area contributed by atoms with Crippen LogP contribution in [0.5, 0.6) is 23.0 Å². The summed E-state index contributed by atoms with van der Waals surface area (Å²) in [5.74, 6) is 2.23. The lowest BCUT2D eigenvalue weighted by molar-refractivity contribution is -0.115. The third kappa shape index (κ3) is 4.82. The summed E-state index contributed by atoms with van der Waals surface area (Å²) < 4.78 is 21.9. The molecule has 1 heterocycles. The van der Waals surface area contributed by atoms with Crippen molar-refractivity contribution < 1.29 is 23.7 Å². The summed E-state index contributed by atoms with van der Waals surface area (Å²) in [6.45, 7) is 2.02. The van der Waals surface area contributed by atoms with Gasteiger partial charge in [0.15, 0.2) is 11.5 Å². The van der Waals surface area contributed by atoms with Gasteiger partial charge in [-0.05, 0) is 70.7 Å². The van der Waals surface area contributed by atoms with Crippen LogP contribution in [0.15, 0.2) is 54.6 Å². The van der Waals surface area contributed by atoms with Crippen LogP contribution in [0.3, 0.4) is 0 Å². The number of fused-ring (bicyclic) bond motifs is 1. The maximum atomic E-state index is 12.9. The second-order valence-electron chi connectivity index (χ2n) is 7.88. The number of aromatic nitrogens is 2. The molecule has 1 N–H and O–H groups in total. The number of nitrogens with one attached hydrogen (secondary N) is 1. The van der Waals surface area contributed by atoms with Crippen LogP contribution >= 0.6 is 0 Å². The summed E-state index contributed by atoms with van der Waals surface area (Å²) in [4.78, 5) is 20.8. The van der Waals surface area contributed by atoms with Crippen molar-refractivity contribution in [1.82, 2.24) is 9.97 Å². The van der Waals surface area contributed by atoms with Gasteiger partial charge in [-0.3, -0.25) is 4.79 Å². The van der Waals surface area contributed by atoms with E-state index in [9.17, 15) is 4.79 Å². The van der Waals surface area contributed by atoms with Gasteiger partial charge in [0, 0.05) is 0 Å². The summed E-state index contributed by atoms with van der Waals surface area (Å²) in [5, 5.41) is 2.86. The van der Waals surface area contributed by atoms with Crippen LogP contribution in [0.4, 0.5) is 5.69 Å². The molecule has 3 aromatic rings. The second-order valence-corrected chi connectivity index (χ2v) is 7.88. The first-order valence-electron chi connectivity index (χ1n) is 10.9. The third-order valence-electron chi connectivity index (χ3n) is 5.88. The zero-order chi connectivity index (χ0) is 24.9. The number of nitrogens with zero attached hydrogens (tertiary/aromatic N) is 2. The molecule has 4 rings (SSSR count). The van der Waals surface area contributed by atoms with Crippen LogP contribution < -0.4 is 24.3 Å². The molecule has 35 heavy (non-hydrogen) atoms. The maximum absolute atomic E-state index is 12.9. The number of anilines is 1. The second kappa shape index (κ2) is 10.3. The highest BCUT2D eigenvalue weighted by Crippen LogP contribution is 2.46. The van der Waals surface area contributed by atoms with Gasteiger partial charge in [0.05, 0.1) is 52.9 Å². The molecule has 0 saturated carbocycles. The fourth-order valence-electron chi connectivity index (χ4n) is 4.20. The van der Waals surface area contributed by atoms with E-state index in [0.717, 1.165) is 39.2 Å². The Morgan fingerprint density at radius 1 is 0.914 bits per heavy atom. The van der Waals surface area contributed by atoms with Crippen molar-refractivity contribution in [2.24, 2.45) is 0 Å². The molecule has 1 aliphatic carbocycles. The van der Waals surface area contributed by atoms with Gasteiger partial charge < -0.3 is 24.3 Å². The minimum Gasteiger partial charge on any atom is -0.497 e. The molecule has 0 bridgehead atoms. The molecule has 8 nitrogen and oxygen atoms in total. The molecule has 1 aromatic heterocycles. The van der Waals surface area contributed by atoms with E-state index in [1.165, 1.54) is 6.33 Å². The highest BCUT2D eigenvalue weighted by molar-refractivity contribution is 6.10. The Morgan fingerprint density at radius 3 is 2.20 bits per heavy atom. The number of amides is 1. The maximum Gasteiger partial charge on any atom is 0.228 e. The van der Waals surface area contributed by atoms with E-state index in [1.54, 1.807) is 40.8 Å². The predicted octanol–water partition coefficient (Wildman–Crippen LogP) is 4.87. The van der Waals surface area contributed by atoms with Gasteiger partial charge >= 0.3 is 0 Å². The van der Waals surface area contributed by atoms with E-state index in [2.05, 4.69) is 21.4 Å². The number of carbonyl (C=O) groups excluding carboxylic acids is 1. The van der Waals surface area contributed by atoms with Gasteiger partial charge in [-0.2, -0.15) is 0 Å². The van der Waals surface area contributed by atoms with Crippen molar-refractivity contribution in [2.45, 2.75) is 13.3 Å². The van der Waals surface area contributed by atoms with Crippen molar-refractivity contribution in [3.8, 4) is 23.0 Å². The lowest BCUT2D eigenvalue weighted by Gasteiger charge is -2.13. The van der Waals surface area contributed by atoms with Crippen LogP contribution in [0, 0.1) is 0 Å². The molecule has 1 amide bonds. The minimum atomic E-state index is -0.156. The highest BCUT2D eigenvalue weighted by Gasteiger charge is 2.26. The number of benzene rings is 2.